The molecule has 6 rings (SSSR count). The molecule has 0 radical (unpaired) electrons. The Kier molecular flexibility index (Phi) is 7.01. The van der Waals surface area contributed by atoms with Gasteiger partial charge in [-0.3, -0.25) is 20.0 Å². The van der Waals surface area contributed by atoms with E-state index in [1.807, 2.05) is 11.8 Å². The molecule has 4 heterocycles. The Morgan fingerprint density at radius 3 is 2.41 bits per heavy atom. The third kappa shape index (κ3) is 5.54. The van der Waals surface area contributed by atoms with Crippen LogP contribution in [0.2, 0.25) is 0 Å². The van der Waals surface area contributed by atoms with Crippen molar-refractivity contribution in [2.45, 2.75) is 88.9 Å². The van der Waals surface area contributed by atoms with E-state index in [1.165, 1.54) is 12.3 Å². The van der Waals surface area contributed by atoms with E-state index in [-0.39, 0.29) is 29.3 Å². The lowest BCUT2D eigenvalue weighted by Gasteiger charge is -2.38. The van der Waals surface area contributed by atoms with E-state index in [2.05, 4.69) is 36.4 Å². The summed E-state index contributed by atoms with van der Waals surface area (Å²) >= 11 is 0. The van der Waals surface area contributed by atoms with Gasteiger partial charge in [-0.05, 0) is 57.6 Å². The summed E-state index contributed by atoms with van der Waals surface area (Å²) in [5.41, 5.74) is 4.03. The molecule has 3 aromatic heterocycles. The first-order chi connectivity index (χ1) is 19.5. The maximum atomic E-state index is 13.9. The standard InChI is InChI=1S/C29H36N8O3S/c1-15(2)25-33-16(3)23(24(35-25)19-8-9-19)26-32-14-22-28(36-26)37(17(4)18-6-7-18)29(38)27(34-22)31-12-20-10-11-21(13-30-20)41(5,39)40/h10-11,13-15,17-19,27,31,34H,6-9,12H2,1-5H3. The van der Waals surface area contributed by atoms with Crippen molar-refractivity contribution in [2.75, 3.05) is 16.5 Å². The van der Waals surface area contributed by atoms with E-state index in [1.54, 1.807) is 12.3 Å². The van der Waals surface area contributed by atoms with Gasteiger partial charge >= 0.3 is 0 Å². The van der Waals surface area contributed by atoms with Crippen LogP contribution in [0.15, 0.2) is 29.4 Å². The molecule has 3 aromatic rings. The van der Waals surface area contributed by atoms with Gasteiger partial charge in [0.1, 0.15) is 5.82 Å². The summed E-state index contributed by atoms with van der Waals surface area (Å²) in [6, 6.07) is 3.15. The molecule has 1 amide bonds. The molecular formula is C29H36N8O3S. The Bertz CT molecular complexity index is 1600. The lowest BCUT2D eigenvalue weighted by Crippen LogP contribution is -2.57. The number of fused-ring (bicyclic) bond motifs is 1. The zero-order chi connectivity index (χ0) is 29.1. The monoisotopic (exact) mass is 576 g/mol. The highest BCUT2D eigenvalue weighted by atomic mass is 32.2. The summed E-state index contributed by atoms with van der Waals surface area (Å²) in [5, 5.41) is 6.53. The van der Waals surface area contributed by atoms with Crippen molar-refractivity contribution in [1.82, 2.24) is 30.2 Å². The van der Waals surface area contributed by atoms with Crippen molar-refractivity contribution >= 4 is 27.2 Å². The van der Waals surface area contributed by atoms with Crippen molar-refractivity contribution in [3.05, 3.63) is 47.4 Å². The first kappa shape index (κ1) is 27.6. The molecule has 1 aliphatic heterocycles. The van der Waals surface area contributed by atoms with Crippen LogP contribution in [0.5, 0.6) is 0 Å². The molecule has 2 saturated carbocycles. The summed E-state index contributed by atoms with van der Waals surface area (Å²) in [6.45, 7) is 8.54. The van der Waals surface area contributed by atoms with E-state index < -0.39 is 16.0 Å². The number of nitrogens with zero attached hydrogens (tertiary/aromatic N) is 6. The number of aromatic nitrogens is 5. The molecule has 12 heteroatoms. The minimum atomic E-state index is -3.33. The summed E-state index contributed by atoms with van der Waals surface area (Å²) in [6.07, 6.45) is 7.86. The molecule has 0 bridgehead atoms. The van der Waals surface area contributed by atoms with Crippen molar-refractivity contribution in [2.24, 2.45) is 5.92 Å². The van der Waals surface area contributed by atoms with Gasteiger partial charge in [-0.1, -0.05) is 13.8 Å². The number of hydrogen-bond acceptors (Lipinski definition) is 10. The quantitative estimate of drug-likeness (QED) is 0.387. The molecule has 2 N–H and O–H groups in total. The minimum Gasteiger partial charge on any atom is -0.358 e. The van der Waals surface area contributed by atoms with E-state index in [9.17, 15) is 13.2 Å². The van der Waals surface area contributed by atoms with E-state index in [0.717, 1.165) is 54.7 Å². The average Bonchev–Trinajstić information content (AvgIpc) is 3.84. The van der Waals surface area contributed by atoms with Gasteiger partial charge in [0.15, 0.2) is 27.6 Å². The second-order valence-corrected chi connectivity index (χ2v) is 13.8. The molecule has 41 heavy (non-hydrogen) atoms. The van der Waals surface area contributed by atoms with E-state index in [0.29, 0.717) is 34.9 Å². The predicted octanol–water partition coefficient (Wildman–Crippen LogP) is 3.71. The number of nitrogens with one attached hydrogen (secondary N) is 2. The summed E-state index contributed by atoms with van der Waals surface area (Å²) in [5.74, 6) is 2.86. The molecule has 2 unspecified atom stereocenters. The number of carbonyl (C=O) groups is 1. The largest absolute Gasteiger partial charge is 0.358 e. The Hall–Kier alpha value is -3.51. The molecule has 2 fully saturated rings. The molecule has 2 atom stereocenters. The second-order valence-electron chi connectivity index (χ2n) is 11.8. The molecular weight excluding hydrogens is 540 g/mol. The number of rotatable bonds is 9. The van der Waals surface area contributed by atoms with Gasteiger partial charge in [-0.15, -0.1) is 0 Å². The summed E-state index contributed by atoms with van der Waals surface area (Å²) < 4.78 is 23.5. The van der Waals surface area contributed by atoms with Crippen molar-refractivity contribution in [3.63, 3.8) is 0 Å². The molecule has 0 spiro atoms. The normalized spacial score (nSPS) is 19.7. The predicted molar refractivity (Wildman–Crippen MR) is 155 cm³/mol. The third-order valence-corrected chi connectivity index (χ3v) is 9.14. The molecule has 2 aliphatic carbocycles. The van der Waals surface area contributed by atoms with Crippen LogP contribution < -0.4 is 15.5 Å². The first-order valence-electron chi connectivity index (χ1n) is 14.2. The van der Waals surface area contributed by atoms with Gasteiger partial charge in [0.05, 0.1) is 39.4 Å². The Morgan fingerprint density at radius 2 is 1.80 bits per heavy atom. The van der Waals surface area contributed by atoms with Gasteiger partial charge in [-0.2, -0.15) is 0 Å². The molecule has 3 aliphatic rings. The van der Waals surface area contributed by atoms with Crippen LogP contribution in [0.25, 0.3) is 11.4 Å². The zero-order valence-electron chi connectivity index (χ0n) is 24.0. The van der Waals surface area contributed by atoms with Crippen molar-refractivity contribution in [3.8, 4) is 11.4 Å². The number of anilines is 2. The fourth-order valence-corrected chi connectivity index (χ4v) is 5.87. The van der Waals surface area contributed by atoms with Crippen LogP contribution in [-0.2, 0) is 21.2 Å². The fourth-order valence-electron chi connectivity index (χ4n) is 5.31. The highest BCUT2D eigenvalue weighted by Gasteiger charge is 2.42. The van der Waals surface area contributed by atoms with E-state index in [4.69, 9.17) is 19.9 Å². The van der Waals surface area contributed by atoms with Gasteiger partial charge in [0, 0.05) is 36.9 Å². The number of carbonyl (C=O) groups excluding carboxylic acids is 1. The highest BCUT2D eigenvalue weighted by molar-refractivity contribution is 7.90. The van der Waals surface area contributed by atoms with Gasteiger partial charge in [-0.25, -0.2) is 28.4 Å². The van der Waals surface area contributed by atoms with Gasteiger partial charge in [0.25, 0.3) is 5.91 Å². The average molecular weight is 577 g/mol. The SMILES string of the molecule is Cc1nc(C(C)C)nc(C2CC2)c1-c1ncc2c(n1)N(C(C)C1CC1)C(=O)C(NCc1ccc(S(C)(=O)=O)cn1)N2. The topological polar surface area (TPSA) is 143 Å². The maximum Gasteiger partial charge on any atom is 0.266 e. The van der Waals surface area contributed by atoms with Crippen molar-refractivity contribution < 1.29 is 13.2 Å². The number of amides is 1. The third-order valence-electron chi connectivity index (χ3n) is 8.04. The minimum absolute atomic E-state index is 0.0221. The number of sulfone groups is 1. The fraction of sp³-hybridized carbons (Fsp3) is 0.517. The van der Waals surface area contributed by atoms with Crippen LogP contribution >= 0.6 is 0 Å². The molecule has 216 valence electrons. The Labute approximate surface area is 240 Å². The first-order valence-corrected chi connectivity index (χ1v) is 16.1. The zero-order valence-corrected chi connectivity index (χ0v) is 24.9. The van der Waals surface area contributed by atoms with Gasteiger partial charge < -0.3 is 5.32 Å². The van der Waals surface area contributed by atoms with E-state index >= 15 is 0 Å². The van der Waals surface area contributed by atoms with Crippen LogP contribution in [0, 0.1) is 12.8 Å². The lowest BCUT2D eigenvalue weighted by molar-refractivity contribution is -0.120. The Morgan fingerprint density at radius 1 is 1.05 bits per heavy atom. The number of hydrogen-bond donors (Lipinski definition) is 2. The highest BCUT2D eigenvalue weighted by Crippen LogP contribution is 2.45. The van der Waals surface area contributed by atoms with Crippen molar-refractivity contribution in [1.29, 1.82) is 0 Å². The second kappa shape index (κ2) is 10.4. The van der Waals surface area contributed by atoms with Crippen LogP contribution in [0.4, 0.5) is 11.5 Å². The van der Waals surface area contributed by atoms with Crippen LogP contribution in [0.1, 0.15) is 81.2 Å². The maximum absolute atomic E-state index is 13.9. The summed E-state index contributed by atoms with van der Waals surface area (Å²) in [7, 11) is -3.33. The molecule has 0 aromatic carbocycles. The van der Waals surface area contributed by atoms with Crippen LogP contribution in [0.3, 0.4) is 0 Å². The summed E-state index contributed by atoms with van der Waals surface area (Å²) in [4.78, 5) is 39.6. The lowest BCUT2D eigenvalue weighted by atomic mass is 10.1. The van der Waals surface area contributed by atoms with Crippen LogP contribution in [-0.4, -0.2) is 57.7 Å². The Balaban J connectivity index is 1.32. The number of aryl methyl sites for hydroxylation is 1. The smallest absolute Gasteiger partial charge is 0.266 e. The number of pyridine rings is 1. The molecule has 0 saturated heterocycles. The van der Waals surface area contributed by atoms with Gasteiger partial charge in [0.2, 0.25) is 0 Å². The molecule has 11 nitrogen and oxygen atoms in total.